The molecule has 1 aromatic carbocycles. The van der Waals surface area contributed by atoms with E-state index in [4.69, 9.17) is 0 Å². The maximum absolute atomic E-state index is 13.3. The number of piperidine rings is 1. The van der Waals surface area contributed by atoms with Crippen LogP contribution in [0.4, 0.5) is 4.39 Å². The Morgan fingerprint density at radius 2 is 2.04 bits per heavy atom. The van der Waals surface area contributed by atoms with E-state index >= 15 is 0 Å². The van der Waals surface area contributed by atoms with Crippen molar-refractivity contribution < 1.29 is 9.18 Å². The van der Waals surface area contributed by atoms with Gasteiger partial charge in [-0.05, 0) is 44.9 Å². The SMILES string of the molecule is Cc1nc(C)n(CC(=O)N2CCC(c3nc4ccc(F)cc4[nH]3)CC2)n1. The number of nitrogens with zero attached hydrogens (tertiary/aromatic N) is 5. The second-order valence-corrected chi connectivity index (χ2v) is 6.80. The molecule has 1 saturated heterocycles. The summed E-state index contributed by atoms with van der Waals surface area (Å²) in [6, 6.07) is 4.57. The van der Waals surface area contributed by atoms with Gasteiger partial charge >= 0.3 is 0 Å². The van der Waals surface area contributed by atoms with E-state index in [1.54, 1.807) is 10.7 Å². The maximum atomic E-state index is 13.3. The monoisotopic (exact) mass is 356 g/mol. The van der Waals surface area contributed by atoms with E-state index < -0.39 is 0 Å². The van der Waals surface area contributed by atoms with E-state index in [1.165, 1.54) is 12.1 Å². The molecule has 4 rings (SSSR count). The van der Waals surface area contributed by atoms with E-state index in [1.807, 2.05) is 18.7 Å². The summed E-state index contributed by atoms with van der Waals surface area (Å²) in [4.78, 5) is 26.4. The van der Waals surface area contributed by atoms with Gasteiger partial charge in [-0.15, -0.1) is 0 Å². The van der Waals surface area contributed by atoms with E-state index in [2.05, 4.69) is 20.1 Å². The van der Waals surface area contributed by atoms with Crippen LogP contribution >= 0.6 is 0 Å². The lowest BCUT2D eigenvalue weighted by Crippen LogP contribution is -2.40. The van der Waals surface area contributed by atoms with Crippen LogP contribution in [0.5, 0.6) is 0 Å². The molecule has 0 bridgehead atoms. The lowest BCUT2D eigenvalue weighted by Gasteiger charge is -2.31. The molecule has 1 aliphatic rings. The first-order valence-corrected chi connectivity index (χ1v) is 8.80. The number of nitrogens with one attached hydrogen (secondary N) is 1. The van der Waals surface area contributed by atoms with Crippen LogP contribution in [0.1, 0.15) is 36.2 Å². The molecule has 1 fully saturated rings. The van der Waals surface area contributed by atoms with Crippen LogP contribution in [0, 0.1) is 19.7 Å². The summed E-state index contributed by atoms with van der Waals surface area (Å²) in [6.07, 6.45) is 1.67. The average molecular weight is 356 g/mol. The summed E-state index contributed by atoms with van der Waals surface area (Å²) in [5, 5.41) is 4.25. The zero-order valence-corrected chi connectivity index (χ0v) is 14.9. The predicted molar refractivity (Wildman–Crippen MR) is 94.1 cm³/mol. The number of carbonyl (C=O) groups excluding carboxylic acids is 1. The largest absolute Gasteiger partial charge is 0.342 e. The Labute approximate surface area is 150 Å². The molecule has 0 radical (unpaired) electrons. The zero-order valence-electron chi connectivity index (χ0n) is 14.9. The Kier molecular flexibility index (Phi) is 4.18. The summed E-state index contributed by atoms with van der Waals surface area (Å²) in [5.41, 5.74) is 1.49. The molecule has 0 aliphatic carbocycles. The summed E-state index contributed by atoms with van der Waals surface area (Å²) >= 11 is 0. The third-order valence-electron chi connectivity index (χ3n) is 4.94. The number of imidazole rings is 1. The minimum Gasteiger partial charge on any atom is -0.342 e. The number of amides is 1. The van der Waals surface area contributed by atoms with E-state index in [0.29, 0.717) is 18.9 Å². The minimum absolute atomic E-state index is 0.0585. The molecule has 1 amide bonds. The van der Waals surface area contributed by atoms with Crippen LogP contribution in [0.3, 0.4) is 0 Å². The van der Waals surface area contributed by atoms with Crippen LogP contribution in [0.15, 0.2) is 18.2 Å². The summed E-state index contributed by atoms with van der Waals surface area (Å²) < 4.78 is 15.0. The molecule has 1 aliphatic heterocycles. The summed E-state index contributed by atoms with van der Waals surface area (Å²) in [6.45, 7) is 5.26. The number of rotatable bonds is 3. The first-order chi connectivity index (χ1) is 12.5. The fourth-order valence-corrected chi connectivity index (χ4v) is 3.54. The van der Waals surface area contributed by atoms with Crippen molar-refractivity contribution in [3.05, 3.63) is 41.5 Å². The van der Waals surface area contributed by atoms with Crippen LogP contribution in [-0.4, -0.2) is 48.6 Å². The minimum atomic E-state index is -0.272. The van der Waals surface area contributed by atoms with Crippen molar-refractivity contribution >= 4 is 16.9 Å². The van der Waals surface area contributed by atoms with Crippen molar-refractivity contribution in [2.45, 2.75) is 39.2 Å². The molecule has 8 heteroatoms. The molecule has 0 spiro atoms. The number of H-pyrrole nitrogens is 1. The Bertz CT molecular complexity index is 954. The molecule has 0 saturated carbocycles. The topological polar surface area (TPSA) is 79.7 Å². The fraction of sp³-hybridized carbons (Fsp3) is 0.444. The molecule has 2 aromatic heterocycles. The number of halogens is 1. The number of carbonyl (C=O) groups is 1. The van der Waals surface area contributed by atoms with Gasteiger partial charge in [-0.1, -0.05) is 0 Å². The van der Waals surface area contributed by atoms with Crippen molar-refractivity contribution in [2.75, 3.05) is 13.1 Å². The Hall–Kier alpha value is -2.77. The highest BCUT2D eigenvalue weighted by atomic mass is 19.1. The average Bonchev–Trinajstić information content (AvgIpc) is 3.17. The van der Waals surface area contributed by atoms with Gasteiger partial charge in [0.15, 0.2) is 0 Å². The third-order valence-corrected chi connectivity index (χ3v) is 4.94. The zero-order chi connectivity index (χ0) is 18.3. The van der Waals surface area contributed by atoms with Gasteiger partial charge in [0, 0.05) is 19.0 Å². The molecule has 0 unspecified atom stereocenters. The summed E-state index contributed by atoms with van der Waals surface area (Å²) in [5.74, 6) is 2.34. The Morgan fingerprint density at radius 3 is 2.73 bits per heavy atom. The molecule has 3 heterocycles. The Morgan fingerprint density at radius 1 is 1.27 bits per heavy atom. The van der Waals surface area contributed by atoms with Crippen molar-refractivity contribution in [3.8, 4) is 0 Å². The maximum Gasteiger partial charge on any atom is 0.244 e. The Balaban J connectivity index is 1.40. The third kappa shape index (κ3) is 3.18. The van der Waals surface area contributed by atoms with Crippen LogP contribution < -0.4 is 0 Å². The van der Waals surface area contributed by atoms with Crippen LogP contribution in [0.2, 0.25) is 0 Å². The molecular weight excluding hydrogens is 335 g/mol. The van der Waals surface area contributed by atoms with Gasteiger partial charge in [-0.2, -0.15) is 5.10 Å². The molecule has 7 nitrogen and oxygen atoms in total. The number of hydrogen-bond donors (Lipinski definition) is 1. The quantitative estimate of drug-likeness (QED) is 0.781. The van der Waals surface area contributed by atoms with Gasteiger partial charge in [0.2, 0.25) is 5.91 Å². The normalized spacial score (nSPS) is 15.7. The van der Waals surface area contributed by atoms with Crippen molar-refractivity contribution in [3.63, 3.8) is 0 Å². The molecule has 26 heavy (non-hydrogen) atoms. The second kappa shape index (κ2) is 6.51. The highest BCUT2D eigenvalue weighted by molar-refractivity contribution is 5.76. The fourth-order valence-electron chi connectivity index (χ4n) is 3.54. The van der Waals surface area contributed by atoms with Crippen LogP contribution in [0.25, 0.3) is 11.0 Å². The van der Waals surface area contributed by atoms with E-state index in [9.17, 15) is 9.18 Å². The summed E-state index contributed by atoms with van der Waals surface area (Å²) in [7, 11) is 0. The smallest absolute Gasteiger partial charge is 0.244 e. The number of aromatic nitrogens is 5. The van der Waals surface area contributed by atoms with Gasteiger partial charge in [0.05, 0.1) is 11.0 Å². The van der Waals surface area contributed by atoms with E-state index in [0.717, 1.165) is 35.5 Å². The van der Waals surface area contributed by atoms with Crippen LogP contribution in [-0.2, 0) is 11.3 Å². The number of likely N-dealkylation sites (tertiary alicyclic amines) is 1. The number of aromatic amines is 1. The van der Waals surface area contributed by atoms with Gasteiger partial charge in [-0.3, -0.25) is 4.79 Å². The van der Waals surface area contributed by atoms with Crippen molar-refractivity contribution in [2.24, 2.45) is 0 Å². The lowest BCUT2D eigenvalue weighted by atomic mass is 9.96. The van der Waals surface area contributed by atoms with Crippen molar-refractivity contribution in [1.82, 2.24) is 29.6 Å². The number of hydrogen-bond acceptors (Lipinski definition) is 4. The van der Waals surface area contributed by atoms with Gasteiger partial charge in [0.25, 0.3) is 0 Å². The molecule has 1 N–H and O–H groups in total. The molecule has 3 aromatic rings. The number of aryl methyl sites for hydroxylation is 2. The first-order valence-electron chi connectivity index (χ1n) is 8.80. The lowest BCUT2D eigenvalue weighted by molar-refractivity contribution is -0.133. The van der Waals surface area contributed by atoms with Gasteiger partial charge in [-0.25, -0.2) is 19.0 Å². The number of fused-ring (bicyclic) bond motifs is 1. The predicted octanol–water partition coefficient (Wildman–Crippen LogP) is 2.32. The second-order valence-electron chi connectivity index (χ2n) is 6.80. The van der Waals surface area contributed by atoms with Gasteiger partial charge < -0.3 is 9.88 Å². The first kappa shape index (κ1) is 16.7. The number of benzene rings is 1. The molecule has 0 atom stereocenters. The highest BCUT2D eigenvalue weighted by Gasteiger charge is 2.26. The highest BCUT2D eigenvalue weighted by Crippen LogP contribution is 2.28. The van der Waals surface area contributed by atoms with Crippen molar-refractivity contribution in [1.29, 1.82) is 0 Å². The molecule has 136 valence electrons. The molecular formula is C18H21FN6O. The van der Waals surface area contributed by atoms with Gasteiger partial charge in [0.1, 0.15) is 29.8 Å². The standard InChI is InChI=1S/C18H21FN6O/c1-11-20-12(2)25(23-11)10-17(26)24-7-5-13(6-8-24)18-21-15-4-3-14(19)9-16(15)22-18/h3-4,9,13H,5-8,10H2,1-2H3,(H,21,22). The van der Waals surface area contributed by atoms with E-state index in [-0.39, 0.29) is 24.2 Å².